The summed E-state index contributed by atoms with van der Waals surface area (Å²) in [6.45, 7) is 8.02. The average Bonchev–Trinajstić information content (AvgIpc) is 3.40. The molecule has 0 radical (unpaired) electrons. The lowest BCUT2D eigenvalue weighted by Crippen LogP contribution is -2.28. The Hall–Kier alpha value is -3.15. The summed E-state index contributed by atoms with van der Waals surface area (Å²) in [7, 11) is 1.73. The van der Waals surface area contributed by atoms with E-state index in [0.717, 1.165) is 72.7 Å². The number of allylic oxidation sites excluding steroid dienone is 4. The quantitative estimate of drug-likeness (QED) is 0.431. The molecule has 0 aliphatic heterocycles. The summed E-state index contributed by atoms with van der Waals surface area (Å²) in [5, 5.41) is 5.05. The molecule has 0 saturated heterocycles. The van der Waals surface area contributed by atoms with Crippen molar-refractivity contribution in [2.45, 2.75) is 59.4 Å². The molecule has 2 aliphatic rings. The third kappa shape index (κ3) is 3.99. The largest absolute Gasteiger partial charge is 0.501 e. The molecule has 0 spiro atoms. The number of fused-ring (bicyclic) bond motifs is 2. The molecule has 0 amide bonds. The number of benzene rings is 1. The van der Waals surface area contributed by atoms with E-state index >= 15 is 0 Å². The first-order valence-corrected chi connectivity index (χ1v) is 12.4. The fourth-order valence-corrected chi connectivity index (χ4v) is 5.47. The van der Waals surface area contributed by atoms with E-state index in [0.29, 0.717) is 12.5 Å². The molecule has 6 heteroatoms. The lowest BCUT2D eigenvalue weighted by Gasteiger charge is -2.27. The monoisotopic (exact) mass is 460 g/mol. The zero-order chi connectivity index (χ0) is 23.8. The van der Waals surface area contributed by atoms with E-state index in [1.165, 1.54) is 22.9 Å². The van der Waals surface area contributed by atoms with Crippen molar-refractivity contribution >= 4 is 17.0 Å². The third-order valence-corrected chi connectivity index (χ3v) is 7.03. The third-order valence-electron chi connectivity index (χ3n) is 7.03. The fourth-order valence-electron chi connectivity index (χ4n) is 5.47. The van der Waals surface area contributed by atoms with Gasteiger partial charge in [0.05, 0.1) is 18.6 Å². The standard InChI is InChI=1S/C28H33FN4O/c1-5-14-32(17-20-8-6-9-21(29)16-20)28-24-10-7-11-25(24)30-27-26(19(3)31-33(27)28)23-13-12-22(34-4)15-18(23)2/h6,8-9,12-13,16,18H,5,7,10-11,14-15,17H2,1-4H3. The fraction of sp³-hybridized carbons (Fsp3) is 0.429. The molecule has 0 N–H and O–H groups in total. The van der Waals surface area contributed by atoms with Gasteiger partial charge in [-0.1, -0.05) is 32.1 Å². The van der Waals surface area contributed by atoms with E-state index in [4.69, 9.17) is 14.8 Å². The van der Waals surface area contributed by atoms with Crippen molar-refractivity contribution in [2.24, 2.45) is 5.92 Å². The number of hydrogen-bond donors (Lipinski definition) is 0. The van der Waals surface area contributed by atoms with Gasteiger partial charge in [-0.2, -0.15) is 9.61 Å². The maximum atomic E-state index is 14.0. The first kappa shape index (κ1) is 22.6. The van der Waals surface area contributed by atoms with Crippen molar-refractivity contribution < 1.29 is 9.13 Å². The number of aromatic nitrogens is 3. The van der Waals surface area contributed by atoms with Crippen LogP contribution in [0.5, 0.6) is 0 Å². The Morgan fingerprint density at radius 2 is 2.09 bits per heavy atom. The number of hydrogen-bond acceptors (Lipinski definition) is 4. The number of aryl methyl sites for hydroxylation is 2. The first-order chi connectivity index (χ1) is 16.5. The second-order valence-electron chi connectivity index (χ2n) is 9.53. The number of methoxy groups -OCH3 is 1. The predicted molar refractivity (Wildman–Crippen MR) is 134 cm³/mol. The van der Waals surface area contributed by atoms with E-state index in [9.17, 15) is 4.39 Å². The number of ether oxygens (including phenoxy) is 1. The van der Waals surface area contributed by atoms with Crippen LogP contribution in [0.25, 0.3) is 11.2 Å². The van der Waals surface area contributed by atoms with Gasteiger partial charge in [-0.25, -0.2) is 9.37 Å². The lowest BCUT2D eigenvalue weighted by molar-refractivity contribution is 0.268. The smallest absolute Gasteiger partial charge is 0.165 e. The van der Waals surface area contributed by atoms with Crippen LogP contribution in [0.2, 0.25) is 0 Å². The Bertz CT molecular complexity index is 1290. The number of halogens is 1. The number of nitrogens with zero attached hydrogens (tertiary/aromatic N) is 4. The molecule has 1 atom stereocenters. The maximum Gasteiger partial charge on any atom is 0.165 e. The highest BCUT2D eigenvalue weighted by molar-refractivity contribution is 5.82. The van der Waals surface area contributed by atoms with Gasteiger partial charge in [-0.05, 0) is 67.9 Å². The molecule has 0 fully saturated rings. The molecule has 1 aromatic carbocycles. The van der Waals surface area contributed by atoms with E-state index in [1.807, 2.05) is 6.07 Å². The van der Waals surface area contributed by atoms with Crippen LogP contribution >= 0.6 is 0 Å². The Morgan fingerprint density at radius 1 is 1.24 bits per heavy atom. The second-order valence-corrected chi connectivity index (χ2v) is 9.53. The Kier molecular flexibility index (Phi) is 6.15. The zero-order valence-electron chi connectivity index (χ0n) is 20.6. The molecule has 2 aromatic heterocycles. The number of rotatable bonds is 7. The Labute approximate surface area is 201 Å². The summed E-state index contributed by atoms with van der Waals surface area (Å²) in [5.41, 5.74) is 7.76. The molecule has 34 heavy (non-hydrogen) atoms. The van der Waals surface area contributed by atoms with E-state index < -0.39 is 0 Å². The molecule has 2 aliphatic carbocycles. The minimum atomic E-state index is -0.196. The molecule has 5 rings (SSSR count). The summed E-state index contributed by atoms with van der Waals surface area (Å²) in [6, 6.07) is 6.92. The van der Waals surface area contributed by atoms with Crippen LogP contribution < -0.4 is 4.90 Å². The molecule has 3 aromatic rings. The van der Waals surface area contributed by atoms with Crippen LogP contribution in [-0.2, 0) is 24.1 Å². The van der Waals surface area contributed by atoms with Gasteiger partial charge in [0.25, 0.3) is 0 Å². The van der Waals surface area contributed by atoms with Gasteiger partial charge in [-0.3, -0.25) is 0 Å². The van der Waals surface area contributed by atoms with E-state index in [1.54, 1.807) is 19.2 Å². The SMILES string of the molecule is CCCN(Cc1cccc(F)c1)c1c2c(nc3c(C4=CC=C(OC)CC4C)c(C)nn13)CCC2. The minimum absolute atomic E-state index is 0.196. The summed E-state index contributed by atoms with van der Waals surface area (Å²) < 4.78 is 21.5. The van der Waals surface area contributed by atoms with Crippen LogP contribution in [0.3, 0.4) is 0 Å². The summed E-state index contributed by atoms with van der Waals surface area (Å²) in [4.78, 5) is 7.54. The summed E-state index contributed by atoms with van der Waals surface area (Å²) in [5.74, 6) is 2.25. The minimum Gasteiger partial charge on any atom is -0.501 e. The molecule has 0 saturated carbocycles. The lowest BCUT2D eigenvalue weighted by atomic mass is 9.87. The second kappa shape index (κ2) is 9.24. The molecule has 1 unspecified atom stereocenters. The molecular formula is C28H33FN4O. The van der Waals surface area contributed by atoms with Crippen LogP contribution in [0, 0.1) is 18.7 Å². The van der Waals surface area contributed by atoms with E-state index in [-0.39, 0.29) is 5.82 Å². The van der Waals surface area contributed by atoms with Gasteiger partial charge in [-0.15, -0.1) is 0 Å². The molecule has 2 heterocycles. The van der Waals surface area contributed by atoms with Crippen molar-refractivity contribution in [3.05, 3.63) is 76.1 Å². The Balaban J connectivity index is 1.68. The van der Waals surface area contributed by atoms with Gasteiger partial charge in [0.2, 0.25) is 0 Å². The number of anilines is 1. The average molecular weight is 461 g/mol. The van der Waals surface area contributed by atoms with Gasteiger partial charge >= 0.3 is 0 Å². The van der Waals surface area contributed by atoms with Crippen LogP contribution in [0.15, 0.2) is 42.2 Å². The maximum absolute atomic E-state index is 14.0. The predicted octanol–water partition coefficient (Wildman–Crippen LogP) is 6.04. The highest BCUT2D eigenvalue weighted by atomic mass is 19.1. The van der Waals surface area contributed by atoms with Crippen molar-refractivity contribution in [3.63, 3.8) is 0 Å². The highest BCUT2D eigenvalue weighted by Crippen LogP contribution is 2.39. The highest BCUT2D eigenvalue weighted by Gasteiger charge is 2.29. The van der Waals surface area contributed by atoms with Crippen LogP contribution in [0.4, 0.5) is 10.2 Å². The van der Waals surface area contributed by atoms with Gasteiger partial charge in [0, 0.05) is 36.3 Å². The normalized spacial score (nSPS) is 17.5. The molecule has 178 valence electrons. The van der Waals surface area contributed by atoms with E-state index in [2.05, 4.69) is 42.3 Å². The topological polar surface area (TPSA) is 42.7 Å². The van der Waals surface area contributed by atoms with Crippen molar-refractivity contribution in [2.75, 3.05) is 18.6 Å². The van der Waals surface area contributed by atoms with Crippen molar-refractivity contribution in [1.82, 2.24) is 14.6 Å². The molecule has 5 nitrogen and oxygen atoms in total. The molecule has 0 bridgehead atoms. The summed E-state index contributed by atoms with van der Waals surface area (Å²) >= 11 is 0. The Morgan fingerprint density at radius 3 is 2.82 bits per heavy atom. The summed E-state index contributed by atoms with van der Waals surface area (Å²) in [6.07, 6.45) is 9.21. The molecular weight excluding hydrogens is 427 g/mol. The van der Waals surface area contributed by atoms with Gasteiger partial charge in [0.1, 0.15) is 11.6 Å². The van der Waals surface area contributed by atoms with Gasteiger partial charge < -0.3 is 9.64 Å². The zero-order valence-corrected chi connectivity index (χ0v) is 20.6. The van der Waals surface area contributed by atoms with Crippen molar-refractivity contribution in [1.29, 1.82) is 0 Å². The van der Waals surface area contributed by atoms with Crippen molar-refractivity contribution in [3.8, 4) is 0 Å². The van der Waals surface area contributed by atoms with Crippen LogP contribution in [-0.4, -0.2) is 28.3 Å². The van der Waals surface area contributed by atoms with Crippen LogP contribution in [0.1, 0.15) is 61.2 Å². The first-order valence-electron chi connectivity index (χ1n) is 12.4. The van der Waals surface area contributed by atoms with Gasteiger partial charge in [0.15, 0.2) is 5.65 Å².